The maximum atomic E-state index is 2.33. The minimum Gasteiger partial charge on any atom is -1.00 e. The Kier molecular flexibility index (Phi) is 10.6. The molecule has 4 heteroatoms. The molecule has 2 aromatic rings. The molecule has 0 aliphatic heterocycles. The Morgan fingerprint density at radius 3 is 2.20 bits per heavy atom. The Hall–Kier alpha value is -0.740. The normalized spacial score (nSPS) is 9.45. The van der Waals surface area contributed by atoms with Crippen molar-refractivity contribution in [2.45, 2.75) is 39.2 Å². The van der Waals surface area contributed by atoms with E-state index in [4.69, 9.17) is 0 Å². The van der Waals surface area contributed by atoms with Crippen molar-refractivity contribution in [3.8, 4) is 5.82 Å². The predicted molar refractivity (Wildman–Crippen MR) is 72.3 cm³/mol. The first-order chi connectivity index (χ1) is 8.92. The van der Waals surface area contributed by atoms with Gasteiger partial charge in [0.15, 0.2) is 25.1 Å². The van der Waals surface area contributed by atoms with E-state index in [1.807, 2.05) is 6.07 Å². The molecule has 2 rings (SSSR count). The summed E-state index contributed by atoms with van der Waals surface area (Å²) in [5.41, 5.74) is 0. The van der Waals surface area contributed by atoms with Crippen molar-refractivity contribution in [1.82, 2.24) is 0 Å². The lowest BCUT2D eigenvalue weighted by Crippen LogP contribution is -3.00. The van der Waals surface area contributed by atoms with E-state index >= 15 is 0 Å². The topological polar surface area (TPSA) is 7.76 Å². The second-order valence-electron chi connectivity index (χ2n) is 4.60. The highest BCUT2D eigenvalue weighted by atomic mass is 79.9. The molecule has 2 aromatic heterocycles. The van der Waals surface area contributed by atoms with Gasteiger partial charge in [0.05, 0.1) is 6.07 Å². The highest BCUT2D eigenvalue weighted by Gasteiger charge is 2.17. The summed E-state index contributed by atoms with van der Waals surface area (Å²) in [6.45, 7) is 3.35. The van der Waals surface area contributed by atoms with Gasteiger partial charge in [0, 0.05) is 24.6 Å². The average Bonchev–Trinajstić information content (AvgIpc) is 2.45. The van der Waals surface area contributed by atoms with E-state index in [1.54, 1.807) is 0 Å². The van der Waals surface area contributed by atoms with Crippen molar-refractivity contribution in [2.24, 2.45) is 0 Å². The SMILES string of the molecule is CCCCCC[n+]1ccccc1-[n+]1ccccc1.[Br-].[Br-]. The Bertz CT molecular complexity index is 475. The first-order valence-corrected chi connectivity index (χ1v) is 6.87. The Morgan fingerprint density at radius 2 is 1.50 bits per heavy atom. The van der Waals surface area contributed by atoms with Gasteiger partial charge in [-0.2, -0.15) is 0 Å². The zero-order valence-electron chi connectivity index (χ0n) is 11.9. The van der Waals surface area contributed by atoms with Crippen LogP contribution in [0.25, 0.3) is 5.82 Å². The number of rotatable bonds is 6. The first-order valence-electron chi connectivity index (χ1n) is 6.87. The zero-order valence-corrected chi connectivity index (χ0v) is 15.1. The van der Waals surface area contributed by atoms with Crippen LogP contribution >= 0.6 is 0 Å². The minimum absolute atomic E-state index is 0. The molecule has 0 aliphatic rings. The van der Waals surface area contributed by atoms with Gasteiger partial charge in [0.25, 0.3) is 0 Å². The van der Waals surface area contributed by atoms with E-state index in [0.29, 0.717) is 0 Å². The summed E-state index contributed by atoms with van der Waals surface area (Å²) in [4.78, 5) is 0. The van der Waals surface area contributed by atoms with Crippen LogP contribution in [0.15, 0.2) is 55.0 Å². The smallest absolute Gasteiger partial charge is 0.449 e. The van der Waals surface area contributed by atoms with Crippen molar-refractivity contribution >= 4 is 0 Å². The van der Waals surface area contributed by atoms with E-state index in [0.717, 1.165) is 6.54 Å². The number of aromatic nitrogens is 2. The maximum absolute atomic E-state index is 2.33. The van der Waals surface area contributed by atoms with Crippen LogP contribution < -0.4 is 43.1 Å². The molecule has 0 saturated heterocycles. The van der Waals surface area contributed by atoms with Crippen LogP contribution in [-0.2, 0) is 6.54 Å². The predicted octanol–water partition coefficient (Wildman–Crippen LogP) is -3.16. The molecule has 2 nitrogen and oxygen atoms in total. The van der Waals surface area contributed by atoms with Crippen molar-refractivity contribution in [3.63, 3.8) is 0 Å². The van der Waals surface area contributed by atoms with E-state index in [-0.39, 0.29) is 34.0 Å². The molecule has 2 heterocycles. The minimum atomic E-state index is 0. The summed E-state index contributed by atoms with van der Waals surface area (Å²) < 4.78 is 4.50. The number of hydrogen-bond donors (Lipinski definition) is 0. The summed E-state index contributed by atoms with van der Waals surface area (Å²) in [7, 11) is 0. The molecule has 0 bridgehead atoms. The first kappa shape index (κ1) is 19.3. The molecule has 110 valence electrons. The van der Waals surface area contributed by atoms with Gasteiger partial charge in [-0.15, -0.1) is 9.13 Å². The highest BCUT2D eigenvalue weighted by Crippen LogP contribution is 1.99. The van der Waals surface area contributed by atoms with E-state index in [9.17, 15) is 0 Å². The third-order valence-corrected chi connectivity index (χ3v) is 3.15. The molecular weight excluding hydrogens is 380 g/mol. The van der Waals surface area contributed by atoms with Crippen molar-refractivity contribution < 1.29 is 43.1 Å². The number of unbranched alkanes of at least 4 members (excludes halogenated alkanes) is 3. The van der Waals surface area contributed by atoms with Gasteiger partial charge in [0.1, 0.15) is 0 Å². The second kappa shape index (κ2) is 11.0. The van der Waals surface area contributed by atoms with Crippen LogP contribution in [-0.4, -0.2) is 0 Å². The van der Waals surface area contributed by atoms with Gasteiger partial charge in [-0.25, -0.2) is 0 Å². The lowest BCUT2D eigenvalue weighted by Gasteiger charge is -1.99. The molecule has 0 fully saturated rings. The van der Waals surface area contributed by atoms with Crippen LogP contribution in [0.4, 0.5) is 0 Å². The molecule has 0 aliphatic carbocycles. The summed E-state index contributed by atoms with van der Waals surface area (Å²) in [6, 6.07) is 12.5. The molecule has 0 N–H and O–H groups in total. The largest absolute Gasteiger partial charge is 1.00 e. The molecule has 0 saturated carbocycles. The van der Waals surface area contributed by atoms with Gasteiger partial charge >= 0.3 is 5.82 Å². The summed E-state index contributed by atoms with van der Waals surface area (Å²) >= 11 is 0. The van der Waals surface area contributed by atoms with Gasteiger partial charge in [-0.05, 0) is 12.5 Å². The van der Waals surface area contributed by atoms with Crippen LogP contribution in [0.2, 0.25) is 0 Å². The van der Waals surface area contributed by atoms with Gasteiger partial charge in [-0.1, -0.05) is 25.8 Å². The summed E-state index contributed by atoms with van der Waals surface area (Å²) in [5, 5.41) is 0. The van der Waals surface area contributed by atoms with Crippen LogP contribution in [0.1, 0.15) is 32.6 Å². The lowest BCUT2D eigenvalue weighted by atomic mass is 10.2. The Balaban J connectivity index is 0.00000180. The van der Waals surface area contributed by atoms with Crippen LogP contribution in [0, 0.1) is 0 Å². The van der Waals surface area contributed by atoms with E-state index < -0.39 is 0 Å². The van der Waals surface area contributed by atoms with Gasteiger partial charge in [0.2, 0.25) is 0 Å². The van der Waals surface area contributed by atoms with E-state index in [1.165, 1.54) is 31.5 Å². The highest BCUT2D eigenvalue weighted by molar-refractivity contribution is 5.03. The standard InChI is InChI=1S/C16H22N2.2BrH/c1-2-3-4-7-12-18-15-10-6-11-16(18)17-13-8-5-9-14-17;;/h5-6,8-11,13-15H,2-4,7,12H2,1H3;2*1H/q+2;;/p-2. The van der Waals surface area contributed by atoms with Crippen molar-refractivity contribution in [3.05, 3.63) is 55.0 Å². The zero-order chi connectivity index (χ0) is 12.6. The second-order valence-corrected chi connectivity index (χ2v) is 4.60. The van der Waals surface area contributed by atoms with Gasteiger partial charge < -0.3 is 34.0 Å². The molecule has 0 amide bonds. The van der Waals surface area contributed by atoms with E-state index in [2.05, 4.69) is 65.0 Å². The molecular formula is C16H22Br2N2. The van der Waals surface area contributed by atoms with Gasteiger partial charge in [-0.3, -0.25) is 0 Å². The number of nitrogens with zero attached hydrogens (tertiary/aromatic N) is 2. The molecule has 0 radical (unpaired) electrons. The monoisotopic (exact) mass is 400 g/mol. The average molecular weight is 402 g/mol. The quantitative estimate of drug-likeness (QED) is 0.356. The molecule has 0 unspecified atom stereocenters. The fourth-order valence-electron chi connectivity index (χ4n) is 2.15. The number of halogens is 2. The maximum Gasteiger partial charge on any atom is 0.449 e. The summed E-state index contributed by atoms with van der Waals surface area (Å²) in [6.07, 6.45) is 11.6. The Labute approximate surface area is 143 Å². The fraction of sp³-hybridized carbons (Fsp3) is 0.375. The lowest BCUT2D eigenvalue weighted by molar-refractivity contribution is -0.792. The number of aryl methyl sites for hydroxylation is 1. The van der Waals surface area contributed by atoms with Crippen molar-refractivity contribution in [2.75, 3.05) is 0 Å². The fourth-order valence-corrected chi connectivity index (χ4v) is 2.15. The van der Waals surface area contributed by atoms with Crippen LogP contribution in [0.3, 0.4) is 0 Å². The molecule has 20 heavy (non-hydrogen) atoms. The number of pyridine rings is 2. The summed E-state index contributed by atoms with van der Waals surface area (Å²) in [5.74, 6) is 1.23. The van der Waals surface area contributed by atoms with Crippen LogP contribution in [0.5, 0.6) is 0 Å². The third kappa shape index (κ3) is 5.71. The molecule has 0 atom stereocenters. The Morgan fingerprint density at radius 1 is 0.800 bits per heavy atom. The third-order valence-electron chi connectivity index (χ3n) is 3.15. The number of hydrogen-bond acceptors (Lipinski definition) is 0. The molecule has 0 spiro atoms. The molecule has 0 aromatic carbocycles. The van der Waals surface area contributed by atoms with Crippen molar-refractivity contribution in [1.29, 1.82) is 0 Å².